The van der Waals surface area contributed by atoms with Gasteiger partial charge in [-0.05, 0) is 56.6 Å². The fourth-order valence-electron chi connectivity index (χ4n) is 2.49. The third kappa shape index (κ3) is 4.44. The second kappa shape index (κ2) is 7.43. The van der Waals surface area contributed by atoms with Crippen LogP contribution in [0.2, 0.25) is 0 Å². The molecule has 1 aliphatic heterocycles. The van der Waals surface area contributed by atoms with Gasteiger partial charge in [0.15, 0.2) is 0 Å². The molecule has 1 heterocycles. The predicted molar refractivity (Wildman–Crippen MR) is 81.1 cm³/mol. The lowest BCUT2D eigenvalue weighted by Crippen LogP contribution is -2.33. The Morgan fingerprint density at radius 2 is 2.14 bits per heavy atom. The number of methoxy groups -OCH3 is 1. The summed E-state index contributed by atoms with van der Waals surface area (Å²) in [5.41, 5.74) is 6.67. The van der Waals surface area contributed by atoms with Crippen LogP contribution in [0.1, 0.15) is 24.4 Å². The Morgan fingerprint density at radius 1 is 1.43 bits per heavy atom. The van der Waals surface area contributed by atoms with Gasteiger partial charge in [0.2, 0.25) is 0 Å². The third-order valence-electron chi connectivity index (χ3n) is 4.01. The van der Waals surface area contributed by atoms with E-state index in [1.165, 1.54) is 0 Å². The number of likely N-dealkylation sites (tertiary alicyclic amines) is 1. The molecule has 5 heteroatoms. The SMILES string of the molecule is COc1cccc(C(N)C(=O)OCC2CCN(C)CC2)c1. The van der Waals surface area contributed by atoms with E-state index in [2.05, 4.69) is 11.9 Å². The van der Waals surface area contributed by atoms with Crippen molar-refractivity contribution < 1.29 is 14.3 Å². The molecule has 0 aromatic heterocycles. The topological polar surface area (TPSA) is 64.8 Å². The lowest BCUT2D eigenvalue weighted by molar-refractivity contribution is -0.147. The molecule has 5 nitrogen and oxygen atoms in total. The molecule has 1 fully saturated rings. The Kier molecular flexibility index (Phi) is 5.59. The van der Waals surface area contributed by atoms with Crippen molar-refractivity contribution in [3.05, 3.63) is 29.8 Å². The summed E-state index contributed by atoms with van der Waals surface area (Å²) < 4.78 is 10.5. The standard InChI is InChI=1S/C16H24N2O3/c1-18-8-6-12(7-9-18)11-21-16(19)15(17)13-4-3-5-14(10-13)20-2/h3-5,10,12,15H,6-9,11,17H2,1-2H3. The molecule has 1 aromatic carbocycles. The molecule has 1 atom stereocenters. The van der Waals surface area contributed by atoms with Crippen LogP contribution >= 0.6 is 0 Å². The van der Waals surface area contributed by atoms with Crippen LogP contribution in [-0.2, 0) is 9.53 Å². The summed E-state index contributed by atoms with van der Waals surface area (Å²) in [6, 6.07) is 6.45. The smallest absolute Gasteiger partial charge is 0.327 e. The van der Waals surface area contributed by atoms with Crippen molar-refractivity contribution in [3.63, 3.8) is 0 Å². The van der Waals surface area contributed by atoms with Gasteiger partial charge in [-0.1, -0.05) is 12.1 Å². The van der Waals surface area contributed by atoms with Crippen LogP contribution in [0.4, 0.5) is 0 Å². The molecular weight excluding hydrogens is 268 g/mol. The number of ether oxygens (including phenoxy) is 2. The summed E-state index contributed by atoms with van der Waals surface area (Å²) in [5, 5.41) is 0. The van der Waals surface area contributed by atoms with Crippen molar-refractivity contribution in [1.29, 1.82) is 0 Å². The molecule has 21 heavy (non-hydrogen) atoms. The van der Waals surface area contributed by atoms with E-state index in [1.807, 2.05) is 18.2 Å². The molecule has 0 saturated carbocycles. The lowest BCUT2D eigenvalue weighted by Gasteiger charge is -2.28. The number of hydrogen-bond donors (Lipinski definition) is 1. The fraction of sp³-hybridized carbons (Fsp3) is 0.562. The molecule has 116 valence electrons. The van der Waals surface area contributed by atoms with E-state index in [9.17, 15) is 4.79 Å². The van der Waals surface area contributed by atoms with Gasteiger partial charge in [-0.3, -0.25) is 0 Å². The molecular formula is C16H24N2O3. The molecule has 2 N–H and O–H groups in total. The summed E-state index contributed by atoms with van der Waals surface area (Å²) in [4.78, 5) is 14.3. The molecule has 1 aromatic rings. The van der Waals surface area contributed by atoms with E-state index in [-0.39, 0.29) is 5.97 Å². The molecule has 0 radical (unpaired) electrons. The second-order valence-corrected chi connectivity index (χ2v) is 5.63. The van der Waals surface area contributed by atoms with E-state index in [0.29, 0.717) is 23.8 Å². The summed E-state index contributed by atoms with van der Waals surface area (Å²) >= 11 is 0. The maximum atomic E-state index is 12.1. The molecule has 1 saturated heterocycles. The Morgan fingerprint density at radius 3 is 2.81 bits per heavy atom. The quantitative estimate of drug-likeness (QED) is 0.835. The van der Waals surface area contributed by atoms with Crippen molar-refractivity contribution in [2.45, 2.75) is 18.9 Å². The van der Waals surface area contributed by atoms with Crippen molar-refractivity contribution in [2.24, 2.45) is 11.7 Å². The Balaban J connectivity index is 1.84. The number of nitrogens with two attached hydrogens (primary N) is 1. The van der Waals surface area contributed by atoms with Crippen LogP contribution < -0.4 is 10.5 Å². The summed E-state index contributed by atoms with van der Waals surface area (Å²) in [5.74, 6) is 0.760. The Hall–Kier alpha value is -1.59. The average Bonchev–Trinajstić information content (AvgIpc) is 2.53. The first-order chi connectivity index (χ1) is 10.1. The van der Waals surface area contributed by atoms with E-state index in [0.717, 1.165) is 25.9 Å². The normalized spacial score (nSPS) is 18.2. The molecule has 1 unspecified atom stereocenters. The molecule has 2 rings (SSSR count). The number of hydrogen-bond acceptors (Lipinski definition) is 5. The van der Waals surface area contributed by atoms with Crippen molar-refractivity contribution in [3.8, 4) is 5.75 Å². The summed E-state index contributed by atoms with van der Waals surface area (Å²) in [6.07, 6.45) is 2.14. The first-order valence-corrected chi connectivity index (χ1v) is 7.35. The van der Waals surface area contributed by atoms with Crippen LogP contribution in [0.15, 0.2) is 24.3 Å². The zero-order valence-corrected chi connectivity index (χ0v) is 12.7. The van der Waals surface area contributed by atoms with Gasteiger partial charge >= 0.3 is 5.97 Å². The maximum Gasteiger partial charge on any atom is 0.327 e. The predicted octanol–water partition coefficient (Wildman–Crippen LogP) is 1.58. The monoisotopic (exact) mass is 292 g/mol. The van der Waals surface area contributed by atoms with Gasteiger partial charge in [0, 0.05) is 0 Å². The number of piperidine rings is 1. The molecule has 0 amide bonds. The van der Waals surface area contributed by atoms with Crippen LogP contribution in [0, 0.1) is 5.92 Å². The van der Waals surface area contributed by atoms with E-state index in [1.54, 1.807) is 13.2 Å². The first-order valence-electron chi connectivity index (χ1n) is 7.35. The number of esters is 1. The van der Waals surface area contributed by atoms with Gasteiger partial charge in [-0.15, -0.1) is 0 Å². The van der Waals surface area contributed by atoms with Gasteiger partial charge in [-0.25, -0.2) is 4.79 Å². The van der Waals surface area contributed by atoms with Gasteiger partial charge in [0.25, 0.3) is 0 Å². The van der Waals surface area contributed by atoms with Crippen molar-refractivity contribution >= 4 is 5.97 Å². The van der Waals surface area contributed by atoms with E-state index in [4.69, 9.17) is 15.2 Å². The molecule has 1 aliphatic rings. The highest BCUT2D eigenvalue weighted by Gasteiger charge is 2.22. The maximum absolute atomic E-state index is 12.1. The Labute approximate surface area is 126 Å². The number of carbonyl (C=O) groups excluding carboxylic acids is 1. The highest BCUT2D eigenvalue weighted by molar-refractivity contribution is 5.77. The number of carbonyl (C=O) groups is 1. The zero-order valence-electron chi connectivity index (χ0n) is 12.7. The van der Waals surface area contributed by atoms with Gasteiger partial charge < -0.3 is 20.1 Å². The van der Waals surface area contributed by atoms with Crippen LogP contribution in [0.25, 0.3) is 0 Å². The van der Waals surface area contributed by atoms with Crippen LogP contribution in [-0.4, -0.2) is 44.7 Å². The molecule has 0 spiro atoms. The highest BCUT2D eigenvalue weighted by Crippen LogP contribution is 2.20. The van der Waals surface area contributed by atoms with Crippen LogP contribution in [0.5, 0.6) is 5.75 Å². The van der Waals surface area contributed by atoms with E-state index < -0.39 is 6.04 Å². The van der Waals surface area contributed by atoms with Crippen molar-refractivity contribution in [2.75, 3.05) is 33.9 Å². The first kappa shape index (κ1) is 15.8. The highest BCUT2D eigenvalue weighted by atomic mass is 16.5. The van der Waals surface area contributed by atoms with E-state index >= 15 is 0 Å². The van der Waals surface area contributed by atoms with Gasteiger partial charge in [0.05, 0.1) is 13.7 Å². The molecule has 0 bridgehead atoms. The van der Waals surface area contributed by atoms with Gasteiger partial charge in [0.1, 0.15) is 11.8 Å². The zero-order chi connectivity index (χ0) is 15.2. The Bertz CT molecular complexity index is 470. The minimum absolute atomic E-state index is 0.373. The number of rotatable bonds is 5. The minimum Gasteiger partial charge on any atom is -0.497 e. The minimum atomic E-state index is -0.758. The third-order valence-corrected chi connectivity index (χ3v) is 4.01. The summed E-state index contributed by atoms with van der Waals surface area (Å²) in [6.45, 7) is 2.58. The fourth-order valence-corrected chi connectivity index (χ4v) is 2.49. The van der Waals surface area contributed by atoms with Crippen LogP contribution in [0.3, 0.4) is 0 Å². The second-order valence-electron chi connectivity index (χ2n) is 5.63. The van der Waals surface area contributed by atoms with Gasteiger partial charge in [-0.2, -0.15) is 0 Å². The lowest BCUT2D eigenvalue weighted by atomic mass is 9.98. The average molecular weight is 292 g/mol. The number of nitrogens with zero attached hydrogens (tertiary/aromatic N) is 1. The molecule has 0 aliphatic carbocycles. The van der Waals surface area contributed by atoms with Crippen molar-refractivity contribution in [1.82, 2.24) is 4.90 Å². The largest absolute Gasteiger partial charge is 0.497 e. The number of benzene rings is 1. The summed E-state index contributed by atoms with van der Waals surface area (Å²) in [7, 11) is 3.70.